The predicted molar refractivity (Wildman–Crippen MR) is 135 cm³/mol. The number of aromatic nitrogens is 4. The van der Waals surface area contributed by atoms with Gasteiger partial charge in [-0.25, -0.2) is 0 Å². The molecule has 0 radical (unpaired) electrons. The van der Waals surface area contributed by atoms with Gasteiger partial charge in [-0.05, 0) is 30.0 Å². The Balaban J connectivity index is 1.40. The molecule has 2 aromatic heterocycles. The third-order valence-corrected chi connectivity index (χ3v) is 7.52. The third kappa shape index (κ3) is 4.05. The van der Waals surface area contributed by atoms with E-state index in [1.54, 1.807) is 0 Å². The van der Waals surface area contributed by atoms with Gasteiger partial charge in [-0.1, -0.05) is 90.6 Å². The Bertz CT molecular complexity index is 1440. The molecule has 1 aliphatic carbocycles. The average Bonchev–Trinajstić information content (AvgIpc) is 3.52. The lowest BCUT2D eigenvalue weighted by Crippen LogP contribution is -2.12. The van der Waals surface area contributed by atoms with Crippen LogP contribution in [0.5, 0.6) is 0 Å². The summed E-state index contributed by atoms with van der Waals surface area (Å²) in [7, 11) is 0. The number of carbonyl (C=O) groups excluding carboxylic acids is 1. The number of nitrogens with one attached hydrogen (secondary N) is 1. The van der Waals surface area contributed by atoms with Gasteiger partial charge >= 0.3 is 0 Å². The van der Waals surface area contributed by atoms with Crippen LogP contribution in [0.25, 0.3) is 10.9 Å². The van der Waals surface area contributed by atoms with Crippen LogP contribution in [-0.4, -0.2) is 25.5 Å². The molecule has 0 amide bonds. The number of carbonyl (C=O) groups is 1. The van der Waals surface area contributed by atoms with Gasteiger partial charge in [0, 0.05) is 28.6 Å². The van der Waals surface area contributed by atoms with E-state index in [0.717, 1.165) is 40.3 Å². The molecule has 1 N–H and O–H groups in total. The molecule has 1 saturated carbocycles. The van der Waals surface area contributed by atoms with Crippen LogP contribution in [0.2, 0.25) is 0 Å². The van der Waals surface area contributed by atoms with E-state index in [9.17, 15) is 4.79 Å². The highest BCUT2D eigenvalue weighted by Crippen LogP contribution is 2.43. The van der Waals surface area contributed by atoms with Gasteiger partial charge < -0.3 is 9.55 Å². The van der Waals surface area contributed by atoms with Crippen molar-refractivity contribution in [3.63, 3.8) is 0 Å². The third-order valence-electron chi connectivity index (χ3n) is 6.29. The summed E-state index contributed by atoms with van der Waals surface area (Å²) >= 11 is 1.49. The van der Waals surface area contributed by atoms with Gasteiger partial charge in [0.2, 0.25) is 0 Å². The monoisotopic (exact) mass is 464 g/mol. The minimum Gasteiger partial charge on any atom is -0.360 e. The number of H-pyrrole nitrogens is 1. The van der Waals surface area contributed by atoms with Crippen LogP contribution in [-0.2, 0) is 6.54 Å². The number of aromatic amines is 1. The number of hydrogen-bond acceptors (Lipinski definition) is 4. The van der Waals surface area contributed by atoms with Crippen molar-refractivity contribution in [2.24, 2.45) is 0 Å². The number of fused-ring (bicyclic) bond motifs is 1. The first-order valence-electron chi connectivity index (χ1n) is 11.6. The zero-order valence-corrected chi connectivity index (χ0v) is 19.4. The van der Waals surface area contributed by atoms with Crippen molar-refractivity contribution in [2.45, 2.75) is 35.7 Å². The lowest BCUT2D eigenvalue weighted by atomic mass is 10.0. The number of para-hydroxylation sites is 1. The quantitative estimate of drug-likeness (QED) is 0.213. The lowest BCUT2D eigenvalue weighted by Gasteiger charge is -2.17. The van der Waals surface area contributed by atoms with Crippen LogP contribution in [0, 0.1) is 0 Å². The molecular weight excluding hydrogens is 440 g/mol. The second kappa shape index (κ2) is 8.95. The minimum absolute atomic E-state index is 0.0656. The maximum absolute atomic E-state index is 13.9. The van der Waals surface area contributed by atoms with Crippen LogP contribution in [0.3, 0.4) is 0 Å². The van der Waals surface area contributed by atoms with Crippen molar-refractivity contribution in [3.05, 3.63) is 114 Å². The first-order chi connectivity index (χ1) is 16.8. The maximum atomic E-state index is 13.9. The Hall–Kier alpha value is -3.64. The van der Waals surface area contributed by atoms with Gasteiger partial charge in [0.1, 0.15) is 11.1 Å². The highest BCUT2D eigenvalue weighted by Gasteiger charge is 2.33. The molecule has 1 aliphatic rings. The molecule has 6 rings (SSSR count). The van der Waals surface area contributed by atoms with E-state index >= 15 is 0 Å². The topological polar surface area (TPSA) is 63.6 Å². The Kier molecular flexibility index (Phi) is 5.51. The van der Waals surface area contributed by atoms with E-state index in [1.807, 2.05) is 66.9 Å². The van der Waals surface area contributed by atoms with E-state index in [2.05, 4.69) is 44.0 Å². The van der Waals surface area contributed by atoms with Crippen LogP contribution in [0.15, 0.2) is 96.3 Å². The minimum atomic E-state index is -0.425. The summed E-state index contributed by atoms with van der Waals surface area (Å²) in [4.78, 5) is 17.2. The molecule has 1 atom stereocenters. The molecule has 2 heterocycles. The smallest absolute Gasteiger partial charge is 0.192 e. The second-order valence-corrected chi connectivity index (χ2v) is 9.78. The maximum Gasteiger partial charge on any atom is 0.192 e. The zero-order valence-electron chi connectivity index (χ0n) is 18.6. The number of Topliss-reactive ketones (excluding diaryl/α,β-unsaturated/α-hetero) is 1. The number of benzene rings is 3. The van der Waals surface area contributed by atoms with Gasteiger partial charge in [0.25, 0.3) is 0 Å². The molecular formula is C28H24N4OS. The SMILES string of the molecule is O=C(c1c[nH]c2ccccc12)[C@H](Sc1nnc(C2CC2)n1Cc1ccccc1)c1ccccc1. The molecule has 1 fully saturated rings. The van der Waals surface area contributed by atoms with Crippen LogP contribution in [0.4, 0.5) is 0 Å². The summed E-state index contributed by atoms with van der Waals surface area (Å²) in [5, 5.41) is 10.5. The summed E-state index contributed by atoms with van der Waals surface area (Å²) in [5.74, 6) is 1.55. The van der Waals surface area contributed by atoms with Crippen molar-refractivity contribution in [1.82, 2.24) is 19.7 Å². The second-order valence-electron chi connectivity index (χ2n) is 8.71. The fourth-order valence-electron chi connectivity index (χ4n) is 4.37. The molecule has 168 valence electrons. The molecule has 0 bridgehead atoms. The van der Waals surface area contributed by atoms with Gasteiger partial charge in [0.15, 0.2) is 10.9 Å². The Morgan fingerprint density at radius 2 is 1.65 bits per heavy atom. The van der Waals surface area contributed by atoms with E-state index in [4.69, 9.17) is 0 Å². The summed E-state index contributed by atoms with van der Waals surface area (Å²) < 4.78 is 2.20. The molecule has 0 spiro atoms. The Labute approximate surface area is 202 Å². The first kappa shape index (κ1) is 20.9. The summed E-state index contributed by atoms with van der Waals surface area (Å²) in [6.45, 7) is 0.699. The fraction of sp³-hybridized carbons (Fsp3) is 0.179. The van der Waals surface area contributed by atoms with Gasteiger partial charge in [0.05, 0.1) is 6.54 Å². The van der Waals surface area contributed by atoms with Crippen LogP contribution < -0.4 is 0 Å². The number of hydrogen-bond donors (Lipinski definition) is 1. The lowest BCUT2D eigenvalue weighted by molar-refractivity contribution is 0.0991. The van der Waals surface area contributed by atoms with Crippen molar-refractivity contribution < 1.29 is 4.79 Å². The summed E-state index contributed by atoms with van der Waals surface area (Å²) in [5.41, 5.74) is 3.83. The average molecular weight is 465 g/mol. The molecule has 5 aromatic rings. The van der Waals surface area contributed by atoms with E-state index in [0.29, 0.717) is 18.0 Å². The molecule has 0 aliphatic heterocycles. The normalized spacial score (nSPS) is 14.4. The summed E-state index contributed by atoms with van der Waals surface area (Å²) in [6, 6.07) is 28.3. The van der Waals surface area contributed by atoms with Crippen molar-refractivity contribution in [1.29, 1.82) is 0 Å². The Morgan fingerprint density at radius 1 is 0.941 bits per heavy atom. The summed E-state index contributed by atoms with van der Waals surface area (Å²) in [6.07, 6.45) is 4.12. The Morgan fingerprint density at radius 3 is 2.41 bits per heavy atom. The first-order valence-corrected chi connectivity index (χ1v) is 12.4. The predicted octanol–water partition coefficient (Wildman–Crippen LogP) is 6.40. The van der Waals surface area contributed by atoms with E-state index in [1.165, 1.54) is 17.3 Å². The molecule has 0 saturated heterocycles. The standard InChI is InChI=1S/C28H24N4OS/c33-25(23-17-29-24-14-8-7-13-22(23)24)26(20-11-5-2-6-12-20)34-28-31-30-27(21-15-16-21)32(28)18-19-9-3-1-4-10-19/h1-14,17,21,26,29H,15-16,18H2/t26-/m1/s1. The zero-order chi connectivity index (χ0) is 22.9. The van der Waals surface area contributed by atoms with Gasteiger partial charge in [-0.2, -0.15) is 0 Å². The van der Waals surface area contributed by atoms with Gasteiger partial charge in [-0.15, -0.1) is 10.2 Å². The highest BCUT2D eigenvalue weighted by molar-refractivity contribution is 8.00. The number of rotatable bonds is 8. The van der Waals surface area contributed by atoms with Gasteiger partial charge in [-0.3, -0.25) is 4.79 Å². The van der Waals surface area contributed by atoms with Crippen LogP contribution in [0.1, 0.15) is 51.3 Å². The number of ketones is 1. The van der Waals surface area contributed by atoms with E-state index < -0.39 is 5.25 Å². The number of thioether (sulfide) groups is 1. The molecule has 34 heavy (non-hydrogen) atoms. The highest BCUT2D eigenvalue weighted by atomic mass is 32.2. The van der Waals surface area contributed by atoms with E-state index in [-0.39, 0.29) is 5.78 Å². The number of nitrogens with zero attached hydrogens (tertiary/aromatic N) is 3. The van der Waals surface area contributed by atoms with Crippen molar-refractivity contribution in [3.8, 4) is 0 Å². The molecule has 6 heteroatoms. The fourth-order valence-corrected chi connectivity index (χ4v) is 5.48. The molecule has 5 nitrogen and oxygen atoms in total. The van der Waals surface area contributed by atoms with Crippen molar-refractivity contribution >= 4 is 28.4 Å². The molecule has 3 aromatic carbocycles. The molecule has 0 unspecified atom stereocenters. The largest absolute Gasteiger partial charge is 0.360 e. The van der Waals surface area contributed by atoms with Crippen LogP contribution >= 0.6 is 11.8 Å². The van der Waals surface area contributed by atoms with Crippen molar-refractivity contribution in [2.75, 3.05) is 0 Å².